The van der Waals surface area contributed by atoms with Gasteiger partial charge in [-0.3, -0.25) is 4.98 Å². The van der Waals surface area contributed by atoms with E-state index in [-0.39, 0.29) is 5.69 Å². The van der Waals surface area contributed by atoms with Gasteiger partial charge in [-0.15, -0.1) is 0 Å². The van der Waals surface area contributed by atoms with Crippen LogP contribution < -0.4 is 16.4 Å². The summed E-state index contributed by atoms with van der Waals surface area (Å²) < 4.78 is 0. The molecule has 0 fully saturated rings. The van der Waals surface area contributed by atoms with Crippen molar-refractivity contribution in [1.29, 1.82) is 0 Å². The molecule has 0 radical (unpaired) electrons. The molecule has 0 bridgehead atoms. The number of aliphatic carboxylic acids is 1. The number of hydrogen-bond acceptors (Lipinski definition) is 2. The van der Waals surface area contributed by atoms with E-state index in [9.17, 15) is 9.59 Å². The number of aromatic nitrogens is 2. The van der Waals surface area contributed by atoms with Crippen molar-refractivity contribution >= 4 is 17.8 Å². The summed E-state index contributed by atoms with van der Waals surface area (Å²) in [4.78, 5) is 25.8. The van der Waals surface area contributed by atoms with Crippen molar-refractivity contribution in [2.45, 2.75) is 6.92 Å². The second-order valence-electron chi connectivity index (χ2n) is 2.28. The van der Waals surface area contributed by atoms with Crippen LogP contribution in [0.15, 0.2) is 10.9 Å². The Morgan fingerprint density at radius 2 is 2.23 bits per heavy atom. The summed E-state index contributed by atoms with van der Waals surface area (Å²) in [7, 11) is 0. The molecule has 0 spiro atoms. The van der Waals surface area contributed by atoms with Gasteiger partial charge in [0.15, 0.2) is 0 Å². The van der Waals surface area contributed by atoms with Gasteiger partial charge >= 0.3 is 11.7 Å². The fraction of sp³-hybridized carbons (Fsp3) is 0.125. The van der Waals surface area contributed by atoms with Crippen LogP contribution in [-0.4, -0.2) is 21.0 Å². The molecule has 5 nitrogen and oxygen atoms in total. The third-order valence-corrected chi connectivity index (χ3v) is 1.38. The van der Waals surface area contributed by atoms with Gasteiger partial charge in [0, 0.05) is 0 Å². The average molecular weight is 180 g/mol. The van der Waals surface area contributed by atoms with E-state index >= 15 is 0 Å². The minimum atomic E-state index is -1.11. The van der Waals surface area contributed by atoms with E-state index in [1.54, 1.807) is 13.0 Å². The summed E-state index contributed by atoms with van der Waals surface area (Å²) in [6, 6.07) is 0. The van der Waals surface area contributed by atoms with Crippen molar-refractivity contribution in [2.75, 3.05) is 0 Å². The van der Waals surface area contributed by atoms with Crippen LogP contribution in [0.25, 0.3) is 11.8 Å². The maximum absolute atomic E-state index is 10.8. The molecule has 13 heavy (non-hydrogen) atoms. The monoisotopic (exact) mass is 180 g/mol. The van der Waals surface area contributed by atoms with Crippen LogP contribution in [0.3, 0.4) is 0 Å². The molecule has 1 aromatic heterocycles. The molecule has 1 aromatic rings. The van der Waals surface area contributed by atoms with Gasteiger partial charge in [0.05, 0.1) is 11.4 Å². The predicted molar refractivity (Wildman–Crippen MR) is 46.4 cm³/mol. The third-order valence-electron chi connectivity index (χ3n) is 1.38. The summed E-state index contributed by atoms with van der Waals surface area (Å²) in [5.41, 5.74) is 2.06. The predicted octanol–water partition coefficient (Wildman–Crippen LogP) is -1.48. The smallest absolute Gasteiger partial charge is 0.336 e. The fourth-order valence-corrected chi connectivity index (χ4v) is 0.861. The van der Waals surface area contributed by atoms with E-state index in [4.69, 9.17) is 5.11 Å². The molecule has 0 amide bonds. The summed E-state index contributed by atoms with van der Waals surface area (Å²) in [6.07, 6.45) is 2.49. The number of hydrogen-bond donors (Lipinski definition) is 3. The largest absolute Gasteiger partial charge is 0.478 e. The average Bonchev–Trinajstić information content (AvgIpc) is 2.42. The zero-order valence-corrected chi connectivity index (χ0v) is 6.92. The Labute approximate surface area is 72.7 Å². The highest BCUT2D eigenvalue weighted by atomic mass is 16.4. The van der Waals surface area contributed by atoms with Crippen molar-refractivity contribution in [2.24, 2.45) is 0 Å². The van der Waals surface area contributed by atoms with E-state index in [0.29, 0.717) is 10.7 Å². The molecular formula is C8H8N2O3. The number of aromatic amines is 2. The number of carbonyl (C=O) groups is 1. The highest BCUT2D eigenvalue weighted by Gasteiger charge is 1.88. The Kier molecular flexibility index (Phi) is 2.52. The first kappa shape index (κ1) is 9.09. The first-order chi connectivity index (χ1) is 6.13. The lowest BCUT2D eigenvalue weighted by atomic mass is 10.5. The number of carboxylic acid groups (broad SMARTS) is 1. The Balaban J connectivity index is 3.55. The molecule has 1 rings (SSSR count). The molecule has 0 aliphatic rings. The van der Waals surface area contributed by atoms with E-state index in [2.05, 4.69) is 15.7 Å². The second kappa shape index (κ2) is 3.60. The van der Waals surface area contributed by atoms with Gasteiger partial charge < -0.3 is 10.1 Å². The molecule has 0 aliphatic heterocycles. The Hall–Kier alpha value is -2.00. The number of nitrogens with one attached hydrogen (secondary N) is 2. The molecule has 0 aromatic carbocycles. The van der Waals surface area contributed by atoms with Crippen LogP contribution in [0.2, 0.25) is 0 Å². The van der Waals surface area contributed by atoms with Gasteiger partial charge in [-0.05, 0) is 6.92 Å². The molecule has 3 N–H and O–H groups in total. The van der Waals surface area contributed by atoms with Gasteiger partial charge in [0.2, 0.25) is 0 Å². The second-order valence-corrected chi connectivity index (χ2v) is 2.28. The fourth-order valence-electron chi connectivity index (χ4n) is 0.861. The zero-order chi connectivity index (χ0) is 9.84. The highest BCUT2D eigenvalue weighted by molar-refractivity contribution is 5.82. The third kappa shape index (κ3) is 2.21. The van der Waals surface area contributed by atoms with Gasteiger partial charge in [-0.25, -0.2) is 9.59 Å². The van der Waals surface area contributed by atoms with Crippen LogP contribution in [0.4, 0.5) is 0 Å². The minimum absolute atomic E-state index is 0.343. The van der Waals surface area contributed by atoms with Gasteiger partial charge in [0.25, 0.3) is 0 Å². The topological polar surface area (TPSA) is 86.0 Å². The maximum atomic E-state index is 10.8. The quantitative estimate of drug-likeness (QED) is 0.461. The maximum Gasteiger partial charge on any atom is 0.336 e. The van der Waals surface area contributed by atoms with Crippen LogP contribution in [-0.2, 0) is 4.79 Å². The van der Waals surface area contributed by atoms with Crippen molar-refractivity contribution in [1.82, 2.24) is 9.97 Å². The van der Waals surface area contributed by atoms with Crippen LogP contribution in [0, 0.1) is 0 Å². The van der Waals surface area contributed by atoms with E-state index in [1.165, 1.54) is 0 Å². The lowest BCUT2D eigenvalue weighted by Gasteiger charge is -1.71. The summed E-state index contributed by atoms with van der Waals surface area (Å²) in [5, 5.41) is 9.19. The van der Waals surface area contributed by atoms with Gasteiger partial charge in [-0.1, -0.05) is 11.8 Å². The van der Waals surface area contributed by atoms with E-state index < -0.39 is 5.97 Å². The number of imidazole rings is 1. The van der Waals surface area contributed by atoms with E-state index in [0.717, 1.165) is 6.08 Å². The van der Waals surface area contributed by atoms with Crippen molar-refractivity contribution in [3.05, 3.63) is 27.3 Å². The molecular weight excluding hydrogens is 172 g/mol. The van der Waals surface area contributed by atoms with Crippen molar-refractivity contribution in [3.8, 4) is 0 Å². The van der Waals surface area contributed by atoms with Crippen molar-refractivity contribution in [3.63, 3.8) is 0 Å². The van der Waals surface area contributed by atoms with E-state index in [1.807, 2.05) is 0 Å². The van der Waals surface area contributed by atoms with Crippen LogP contribution >= 0.6 is 0 Å². The molecule has 0 saturated carbocycles. The zero-order valence-electron chi connectivity index (χ0n) is 6.92. The molecule has 0 aliphatic carbocycles. The standard InChI is InChI=1S/C8H8N2O3/c1-2-5-6(3-4-7(11)12)10-8(13)9-5/h2,4H,1H3,(H,11,12)(H2,9,10,13). The Morgan fingerprint density at radius 3 is 2.77 bits per heavy atom. The minimum Gasteiger partial charge on any atom is -0.478 e. The number of carboxylic acids is 1. The summed E-state index contributed by atoms with van der Waals surface area (Å²) in [6.45, 7) is 1.73. The summed E-state index contributed by atoms with van der Waals surface area (Å²) >= 11 is 0. The first-order valence-electron chi connectivity index (χ1n) is 3.58. The van der Waals surface area contributed by atoms with Gasteiger partial charge in [0.1, 0.15) is 5.35 Å². The highest BCUT2D eigenvalue weighted by Crippen LogP contribution is 1.61. The molecule has 0 atom stereocenters. The lowest BCUT2D eigenvalue weighted by molar-refractivity contribution is -0.131. The molecule has 1 heterocycles. The summed E-state index contributed by atoms with van der Waals surface area (Å²) in [5.74, 6) is -1.11. The molecule has 0 saturated heterocycles. The van der Waals surface area contributed by atoms with Crippen LogP contribution in [0.1, 0.15) is 6.92 Å². The number of rotatable bonds is 1. The Morgan fingerprint density at radius 1 is 1.54 bits per heavy atom. The number of H-pyrrole nitrogens is 2. The molecule has 68 valence electrons. The normalized spacial score (nSPS) is 11.0. The van der Waals surface area contributed by atoms with Gasteiger partial charge in [-0.2, -0.15) is 0 Å². The SMILES string of the molecule is CC=c1[nH]c(=O)[nH]c1=C=CC(=O)O. The molecule has 5 heteroatoms. The first-order valence-corrected chi connectivity index (χ1v) is 3.58. The van der Waals surface area contributed by atoms with Crippen LogP contribution in [0.5, 0.6) is 0 Å². The van der Waals surface area contributed by atoms with Crippen molar-refractivity contribution < 1.29 is 9.90 Å². The Bertz CT molecular complexity index is 514. The lowest BCUT2D eigenvalue weighted by Crippen LogP contribution is -2.22. The molecule has 0 unspecified atom stereocenters.